The summed E-state index contributed by atoms with van der Waals surface area (Å²) >= 11 is 0. The van der Waals surface area contributed by atoms with Crippen LogP contribution in [0.4, 0.5) is 0 Å². The average Bonchev–Trinajstić information content (AvgIpc) is 2.71. The molecule has 2 aromatic heterocycles. The molecule has 0 atom stereocenters. The van der Waals surface area contributed by atoms with Crippen LogP contribution in [0.3, 0.4) is 0 Å². The highest BCUT2D eigenvalue weighted by Gasteiger charge is 1.96. The highest BCUT2D eigenvalue weighted by Crippen LogP contribution is 2.08. The molecular formula is C10H10N2O. The predicted octanol–water partition coefficient (Wildman–Crippen LogP) is 1.36. The zero-order chi connectivity index (χ0) is 9.10. The van der Waals surface area contributed by atoms with Gasteiger partial charge < -0.3 is 9.67 Å². The number of nitrogens with zero attached hydrogens (tertiary/aromatic N) is 2. The molecule has 0 unspecified atom stereocenters. The Labute approximate surface area is 76.3 Å². The van der Waals surface area contributed by atoms with Crippen LogP contribution < -0.4 is 0 Å². The van der Waals surface area contributed by atoms with Gasteiger partial charge in [0.2, 0.25) is 0 Å². The van der Waals surface area contributed by atoms with Crippen LogP contribution in [0, 0.1) is 0 Å². The van der Waals surface area contributed by atoms with E-state index >= 15 is 0 Å². The van der Waals surface area contributed by atoms with Gasteiger partial charge in [-0.3, -0.25) is 4.98 Å². The van der Waals surface area contributed by atoms with Crippen molar-refractivity contribution in [1.29, 1.82) is 0 Å². The maximum atomic E-state index is 8.91. The minimum Gasteiger partial charge on any atom is -0.392 e. The maximum absolute atomic E-state index is 8.91. The minimum atomic E-state index is 0.0299. The number of hydrogen-bond donors (Lipinski definition) is 1. The summed E-state index contributed by atoms with van der Waals surface area (Å²) in [6, 6.07) is 5.81. The molecule has 3 heteroatoms. The number of aromatic nitrogens is 2. The Bertz CT molecular complexity index is 382. The van der Waals surface area contributed by atoms with Crippen LogP contribution in [0.1, 0.15) is 5.56 Å². The first-order chi connectivity index (χ1) is 6.40. The van der Waals surface area contributed by atoms with Crippen LogP contribution in [0.25, 0.3) is 5.69 Å². The van der Waals surface area contributed by atoms with E-state index < -0.39 is 0 Å². The van der Waals surface area contributed by atoms with Crippen molar-refractivity contribution in [3.8, 4) is 5.69 Å². The first kappa shape index (κ1) is 8.01. The van der Waals surface area contributed by atoms with Gasteiger partial charge in [0.25, 0.3) is 0 Å². The molecule has 0 radical (unpaired) electrons. The second kappa shape index (κ2) is 3.41. The molecule has 0 amide bonds. The van der Waals surface area contributed by atoms with Gasteiger partial charge >= 0.3 is 0 Å². The molecule has 2 aromatic rings. The number of rotatable bonds is 2. The molecule has 0 spiro atoms. The smallest absolute Gasteiger partial charge is 0.0697 e. The zero-order valence-corrected chi connectivity index (χ0v) is 7.09. The fraction of sp³-hybridized carbons (Fsp3) is 0.100. The molecule has 2 rings (SSSR count). The van der Waals surface area contributed by atoms with E-state index in [2.05, 4.69) is 4.98 Å². The Kier molecular flexibility index (Phi) is 2.10. The SMILES string of the molecule is OCc1cncc(-n2cccc2)c1. The van der Waals surface area contributed by atoms with Crippen LogP contribution in [-0.2, 0) is 6.61 Å². The Morgan fingerprint density at radius 2 is 2.00 bits per heavy atom. The topological polar surface area (TPSA) is 38.1 Å². The lowest BCUT2D eigenvalue weighted by Crippen LogP contribution is -1.93. The van der Waals surface area contributed by atoms with Crippen molar-refractivity contribution in [3.05, 3.63) is 48.5 Å². The summed E-state index contributed by atoms with van der Waals surface area (Å²) in [5.41, 5.74) is 1.79. The van der Waals surface area contributed by atoms with E-state index in [1.165, 1.54) is 0 Å². The summed E-state index contributed by atoms with van der Waals surface area (Å²) in [4.78, 5) is 4.03. The Balaban J connectivity index is 2.41. The average molecular weight is 174 g/mol. The van der Waals surface area contributed by atoms with Crippen molar-refractivity contribution in [1.82, 2.24) is 9.55 Å². The third-order valence-corrected chi connectivity index (χ3v) is 1.87. The van der Waals surface area contributed by atoms with E-state index in [0.29, 0.717) is 0 Å². The summed E-state index contributed by atoms with van der Waals surface area (Å²) in [5.74, 6) is 0. The standard InChI is InChI=1S/C10H10N2O/c13-8-9-5-10(7-11-6-9)12-3-1-2-4-12/h1-7,13H,8H2. The van der Waals surface area contributed by atoms with E-state index in [-0.39, 0.29) is 6.61 Å². The fourth-order valence-electron chi connectivity index (χ4n) is 1.21. The lowest BCUT2D eigenvalue weighted by Gasteiger charge is -2.03. The van der Waals surface area contributed by atoms with E-state index in [4.69, 9.17) is 5.11 Å². The molecule has 66 valence electrons. The van der Waals surface area contributed by atoms with Crippen LogP contribution in [0.5, 0.6) is 0 Å². The van der Waals surface area contributed by atoms with E-state index in [9.17, 15) is 0 Å². The van der Waals surface area contributed by atoms with E-state index in [0.717, 1.165) is 11.3 Å². The molecule has 0 aliphatic rings. The molecule has 1 N–H and O–H groups in total. The highest BCUT2D eigenvalue weighted by atomic mass is 16.3. The van der Waals surface area contributed by atoms with Gasteiger partial charge in [-0.2, -0.15) is 0 Å². The van der Waals surface area contributed by atoms with Gasteiger partial charge in [0.1, 0.15) is 0 Å². The van der Waals surface area contributed by atoms with Crippen molar-refractivity contribution in [2.75, 3.05) is 0 Å². The number of aliphatic hydroxyl groups is 1. The van der Waals surface area contributed by atoms with Crippen molar-refractivity contribution in [3.63, 3.8) is 0 Å². The molecular weight excluding hydrogens is 164 g/mol. The normalized spacial score (nSPS) is 10.2. The van der Waals surface area contributed by atoms with Crippen molar-refractivity contribution in [2.45, 2.75) is 6.61 Å². The molecule has 0 bridgehead atoms. The van der Waals surface area contributed by atoms with E-state index in [1.54, 1.807) is 12.4 Å². The van der Waals surface area contributed by atoms with Crippen LogP contribution in [-0.4, -0.2) is 14.7 Å². The summed E-state index contributed by atoms with van der Waals surface area (Å²) in [5, 5.41) is 8.91. The molecule has 0 aromatic carbocycles. The second-order valence-electron chi connectivity index (χ2n) is 2.80. The highest BCUT2D eigenvalue weighted by molar-refractivity contribution is 5.32. The van der Waals surface area contributed by atoms with Gasteiger partial charge in [-0.05, 0) is 23.8 Å². The van der Waals surface area contributed by atoms with Gasteiger partial charge in [0.05, 0.1) is 18.5 Å². The molecule has 0 aliphatic heterocycles. The summed E-state index contributed by atoms with van der Waals surface area (Å²) in [6.07, 6.45) is 7.31. The molecule has 0 saturated heterocycles. The third-order valence-electron chi connectivity index (χ3n) is 1.87. The van der Waals surface area contributed by atoms with Crippen LogP contribution in [0.2, 0.25) is 0 Å². The third kappa shape index (κ3) is 1.60. The summed E-state index contributed by atoms with van der Waals surface area (Å²) < 4.78 is 1.95. The Hall–Kier alpha value is -1.61. The molecule has 13 heavy (non-hydrogen) atoms. The number of pyridine rings is 1. The lowest BCUT2D eigenvalue weighted by atomic mass is 10.3. The Morgan fingerprint density at radius 1 is 1.23 bits per heavy atom. The van der Waals surface area contributed by atoms with Gasteiger partial charge in [-0.15, -0.1) is 0 Å². The monoisotopic (exact) mass is 174 g/mol. The predicted molar refractivity (Wildman–Crippen MR) is 49.5 cm³/mol. The largest absolute Gasteiger partial charge is 0.392 e. The van der Waals surface area contributed by atoms with Crippen molar-refractivity contribution >= 4 is 0 Å². The van der Waals surface area contributed by atoms with Gasteiger partial charge in [0, 0.05) is 18.6 Å². The fourth-order valence-corrected chi connectivity index (χ4v) is 1.21. The first-order valence-corrected chi connectivity index (χ1v) is 4.08. The molecule has 3 nitrogen and oxygen atoms in total. The molecule has 2 heterocycles. The quantitative estimate of drug-likeness (QED) is 0.746. The second-order valence-corrected chi connectivity index (χ2v) is 2.80. The van der Waals surface area contributed by atoms with Crippen LogP contribution >= 0.6 is 0 Å². The molecule has 0 fully saturated rings. The molecule has 0 saturated carbocycles. The maximum Gasteiger partial charge on any atom is 0.0697 e. The van der Waals surface area contributed by atoms with Gasteiger partial charge in [-0.25, -0.2) is 0 Å². The number of aliphatic hydroxyl groups excluding tert-OH is 1. The summed E-state index contributed by atoms with van der Waals surface area (Å²) in [7, 11) is 0. The van der Waals surface area contributed by atoms with Gasteiger partial charge in [-0.1, -0.05) is 0 Å². The van der Waals surface area contributed by atoms with Crippen LogP contribution in [0.15, 0.2) is 43.0 Å². The van der Waals surface area contributed by atoms with Crippen molar-refractivity contribution in [2.24, 2.45) is 0 Å². The lowest BCUT2D eigenvalue weighted by molar-refractivity contribution is 0.281. The molecule has 0 aliphatic carbocycles. The van der Waals surface area contributed by atoms with Crippen molar-refractivity contribution < 1.29 is 5.11 Å². The van der Waals surface area contributed by atoms with E-state index in [1.807, 2.05) is 35.2 Å². The first-order valence-electron chi connectivity index (χ1n) is 4.08. The van der Waals surface area contributed by atoms with Gasteiger partial charge in [0.15, 0.2) is 0 Å². The minimum absolute atomic E-state index is 0.0299. The zero-order valence-electron chi connectivity index (χ0n) is 7.09. The summed E-state index contributed by atoms with van der Waals surface area (Å²) in [6.45, 7) is 0.0299. The number of hydrogen-bond acceptors (Lipinski definition) is 2. The Morgan fingerprint density at radius 3 is 2.69 bits per heavy atom.